The summed E-state index contributed by atoms with van der Waals surface area (Å²) in [6.45, 7) is 9.26. The van der Waals surface area contributed by atoms with Gasteiger partial charge in [-0.3, -0.25) is 4.79 Å². The van der Waals surface area contributed by atoms with Crippen LogP contribution in [0.3, 0.4) is 0 Å². The summed E-state index contributed by atoms with van der Waals surface area (Å²) in [5.41, 5.74) is 5.64. The first-order valence-electron chi connectivity index (χ1n) is 9.57. The number of fused-ring (bicyclic) bond motifs is 1. The summed E-state index contributed by atoms with van der Waals surface area (Å²) in [6, 6.07) is 10.3. The number of hydrogen-bond donors (Lipinski definition) is 0. The van der Waals surface area contributed by atoms with Crippen LogP contribution in [0.4, 0.5) is 5.13 Å². The molecule has 0 radical (unpaired) electrons. The lowest BCUT2D eigenvalue weighted by atomic mass is 10.0. The van der Waals surface area contributed by atoms with E-state index < -0.39 is 0 Å². The Morgan fingerprint density at radius 2 is 1.79 bits per heavy atom. The van der Waals surface area contributed by atoms with Gasteiger partial charge in [-0.05, 0) is 43.5 Å². The molecule has 0 N–H and O–H groups in total. The van der Waals surface area contributed by atoms with Crippen LogP contribution >= 0.6 is 22.9 Å². The topological polar surface area (TPSA) is 36.4 Å². The van der Waals surface area contributed by atoms with Crippen LogP contribution in [0.5, 0.6) is 0 Å². The molecule has 28 heavy (non-hydrogen) atoms. The van der Waals surface area contributed by atoms with E-state index in [0.29, 0.717) is 6.42 Å². The molecule has 0 spiro atoms. The molecule has 0 unspecified atom stereocenters. The van der Waals surface area contributed by atoms with Crippen molar-refractivity contribution in [3.8, 4) is 0 Å². The molecule has 4 nitrogen and oxygen atoms in total. The largest absolute Gasteiger partial charge is 0.345 e. The number of anilines is 1. The Bertz CT molecular complexity index is 999. The first kappa shape index (κ1) is 19.2. The molecule has 6 heteroatoms. The third kappa shape index (κ3) is 3.74. The highest BCUT2D eigenvalue weighted by molar-refractivity contribution is 7.22. The highest BCUT2D eigenvalue weighted by Gasteiger charge is 2.24. The van der Waals surface area contributed by atoms with Gasteiger partial charge in [-0.2, -0.15) is 0 Å². The van der Waals surface area contributed by atoms with Crippen molar-refractivity contribution in [1.29, 1.82) is 0 Å². The monoisotopic (exact) mass is 413 g/mol. The highest BCUT2D eigenvalue weighted by Crippen LogP contribution is 2.35. The molecule has 0 saturated carbocycles. The number of rotatable bonds is 3. The Morgan fingerprint density at radius 3 is 2.50 bits per heavy atom. The quantitative estimate of drug-likeness (QED) is 0.620. The van der Waals surface area contributed by atoms with Gasteiger partial charge in [0.05, 0.1) is 21.7 Å². The number of hydrogen-bond acceptors (Lipinski definition) is 4. The number of nitrogens with zero attached hydrogens (tertiary/aromatic N) is 3. The van der Waals surface area contributed by atoms with Crippen molar-refractivity contribution in [2.45, 2.75) is 27.2 Å². The molecule has 2 aromatic carbocycles. The summed E-state index contributed by atoms with van der Waals surface area (Å²) >= 11 is 7.99. The second-order valence-electron chi connectivity index (χ2n) is 7.51. The van der Waals surface area contributed by atoms with E-state index in [-0.39, 0.29) is 5.91 Å². The van der Waals surface area contributed by atoms with E-state index in [1.807, 2.05) is 17.0 Å². The molecule has 1 fully saturated rings. The van der Waals surface area contributed by atoms with Gasteiger partial charge in [-0.1, -0.05) is 52.8 Å². The van der Waals surface area contributed by atoms with Crippen molar-refractivity contribution in [1.82, 2.24) is 9.88 Å². The van der Waals surface area contributed by atoms with Crippen molar-refractivity contribution < 1.29 is 4.79 Å². The van der Waals surface area contributed by atoms with E-state index in [9.17, 15) is 4.79 Å². The number of benzene rings is 2. The van der Waals surface area contributed by atoms with Crippen LogP contribution in [0.1, 0.15) is 22.3 Å². The average molecular weight is 414 g/mol. The van der Waals surface area contributed by atoms with Gasteiger partial charge in [0.15, 0.2) is 5.13 Å². The van der Waals surface area contributed by atoms with Gasteiger partial charge in [0.25, 0.3) is 0 Å². The molecule has 0 aliphatic carbocycles. The predicted octanol–water partition coefficient (Wildman–Crippen LogP) is 4.77. The van der Waals surface area contributed by atoms with Crippen LogP contribution in [0.25, 0.3) is 10.2 Å². The van der Waals surface area contributed by atoms with E-state index in [1.165, 1.54) is 11.1 Å². The summed E-state index contributed by atoms with van der Waals surface area (Å²) in [6.07, 6.45) is 0.476. The number of aryl methyl sites for hydroxylation is 3. The van der Waals surface area contributed by atoms with Crippen LogP contribution in [0.2, 0.25) is 5.02 Å². The van der Waals surface area contributed by atoms with Gasteiger partial charge < -0.3 is 9.80 Å². The normalized spacial score (nSPS) is 14.7. The van der Waals surface area contributed by atoms with E-state index in [4.69, 9.17) is 16.6 Å². The van der Waals surface area contributed by atoms with E-state index in [2.05, 4.69) is 43.9 Å². The molecule has 1 aliphatic rings. The SMILES string of the molecule is Cc1ccc(C)c(CC(=O)N2CCN(c3nc4c(C)ccc(Cl)c4s3)CC2)c1. The fourth-order valence-electron chi connectivity index (χ4n) is 3.64. The van der Waals surface area contributed by atoms with Crippen molar-refractivity contribution in [3.63, 3.8) is 0 Å². The first-order chi connectivity index (χ1) is 13.4. The van der Waals surface area contributed by atoms with E-state index >= 15 is 0 Å². The lowest BCUT2D eigenvalue weighted by molar-refractivity contribution is -0.130. The smallest absolute Gasteiger partial charge is 0.227 e. The molecule has 0 atom stereocenters. The fourth-order valence-corrected chi connectivity index (χ4v) is 5.01. The van der Waals surface area contributed by atoms with Gasteiger partial charge in [-0.15, -0.1) is 0 Å². The molecular weight excluding hydrogens is 390 g/mol. The number of thiazole rings is 1. The van der Waals surface area contributed by atoms with Gasteiger partial charge in [0.1, 0.15) is 0 Å². The summed E-state index contributed by atoms with van der Waals surface area (Å²) in [5, 5.41) is 1.75. The van der Waals surface area contributed by atoms with E-state index in [1.54, 1.807) is 11.3 Å². The van der Waals surface area contributed by atoms with Crippen molar-refractivity contribution in [3.05, 3.63) is 57.6 Å². The Balaban J connectivity index is 1.43. The van der Waals surface area contributed by atoms with Crippen molar-refractivity contribution in [2.75, 3.05) is 31.1 Å². The van der Waals surface area contributed by atoms with Crippen LogP contribution in [0.15, 0.2) is 30.3 Å². The van der Waals surface area contributed by atoms with Crippen LogP contribution < -0.4 is 4.90 Å². The summed E-state index contributed by atoms with van der Waals surface area (Å²) in [4.78, 5) is 21.8. The van der Waals surface area contributed by atoms with Crippen molar-refractivity contribution >= 4 is 44.2 Å². The minimum atomic E-state index is 0.205. The third-order valence-electron chi connectivity index (χ3n) is 5.44. The maximum atomic E-state index is 12.8. The zero-order chi connectivity index (χ0) is 19.8. The Hall–Kier alpha value is -2.11. The molecule has 4 rings (SSSR count). The summed E-state index contributed by atoms with van der Waals surface area (Å²) in [5.74, 6) is 0.205. The number of carbonyl (C=O) groups excluding carboxylic acids is 1. The maximum absolute atomic E-state index is 12.8. The molecule has 0 bridgehead atoms. The first-order valence-corrected chi connectivity index (χ1v) is 10.8. The number of amides is 1. The number of piperazine rings is 1. The van der Waals surface area contributed by atoms with Crippen molar-refractivity contribution in [2.24, 2.45) is 0 Å². The molecule has 1 aromatic heterocycles. The molecule has 3 aromatic rings. The number of aromatic nitrogens is 1. The van der Waals surface area contributed by atoms with Crippen LogP contribution in [-0.4, -0.2) is 42.0 Å². The minimum absolute atomic E-state index is 0.205. The third-order valence-corrected chi connectivity index (χ3v) is 7.01. The number of carbonyl (C=O) groups is 1. The van der Waals surface area contributed by atoms with Crippen LogP contribution in [0, 0.1) is 20.8 Å². The number of halogens is 1. The predicted molar refractivity (Wildman–Crippen MR) is 118 cm³/mol. The Labute approximate surface area is 174 Å². The minimum Gasteiger partial charge on any atom is -0.345 e. The second kappa shape index (κ2) is 7.72. The molecule has 1 amide bonds. The van der Waals surface area contributed by atoms with Gasteiger partial charge >= 0.3 is 0 Å². The van der Waals surface area contributed by atoms with Crippen LogP contribution in [-0.2, 0) is 11.2 Å². The average Bonchev–Trinajstić information content (AvgIpc) is 3.15. The fraction of sp³-hybridized carbons (Fsp3) is 0.364. The maximum Gasteiger partial charge on any atom is 0.227 e. The zero-order valence-corrected chi connectivity index (χ0v) is 18.0. The van der Waals surface area contributed by atoms with Gasteiger partial charge in [-0.25, -0.2) is 4.98 Å². The molecule has 2 heterocycles. The standard InChI is InChI=1S/C22H24ClN3OS/c1-14-4-5-15(2)17(12-14)13-19(27)25-8-10-26(11-9-25)22-24-20-16(3)6-7-18(23)21(20)28-22/h4-7,12H,8-11,13H2,1-3H3. The lowest BCUT2D eigenvalue weighted by Crippen LogP contribution is -2.49. The Morgan fingerprint density at radius 1 is 1.07 bits per heavy atom. The molecule has 1 saturated heterocycles. The molecule has 146 valence electrons. The summed E-state index contributed by atoms with van der Waals surface area (Å²) < 4.78 is 1.05. The summed E-state index contributed by atoms with van der Waals surface area (Å²) in [7, 11) is 0. The second-order valence-corrected chi connectivity index (χ2v) is 8.90. The van der Waals surface area contributed by atoms with Gasteiger partial charge in [0.2, 0.25) is 5.91 Å². The van der Waals surface area contributed by atoms with Gasteiger partial charge in [0, 0.05) is 26.2 Å². The zero-order valence-electron chi connectivity index (χ0n) is 16.5. The molecular formula is C22H24ClN3OS. The molecule has 1 aliphatic heterocycles. The van der Waals surface area contributed by atoms with E-state index in [0.717, 1.165) is 57.7 Å². The Kier molecular flexibility index (Phi) is 5.30. The highest BCUT2D eigenvalue weighted by atomic mass is 35.5. The lowest BCUT2D eigenvalue weighted by Gasteiger charge is -2.34.